The van der Waals surface area contributed by atoms with E-state index in [9.17, 15) is 9.90 Å². The molecule has 4 nitrogen and oxygen atoms in total. The van der Waals surface area contributed by atoms with Gasteiger partial charge in [0.15, 0.2) is 11.5 Å². The maximum absolute atomic E-state index is 11.1. The van der Waals surface area contributed by atoms with Gasteiger partial charge in [-0.1, -0.05) is 18.7 Å². The van der Waals surface area contributed by atoms with Crippen molar-refractivity contribution < 1.29 is 19.7 Å². The first-order valence-electron chi connectivity index (χ1n) is 7.83. The van der Waals surface area contributed by atoms with Crippen molar-refractivity contribution in [3.05, 3.63) is 42.5 Å². The fourth-order valence-electron chi connectivity index (χ4n) is 2.67. The molecule has 1 aromatic rings. The van der Waals surface area contributed by atoms with E-state index in [1.165, 1.54) is 6.08 Å². The number of hydrogen-bond acceptors (Lipinski definition) is 4. The molecular weight excluding hydrogens is 280 g/mol. The van der Waals surface area contributed by atoms with Crippen LogP contribution >= 0.6 is 0 Å². The number of carbonyl (C=O) groups is 1. The average molecular weight is 304 g/mol. The number of carbonyl (C=O) groups excluding carboxylic acids is 1. The lowest BCUT2D eigenvalue weighted by atomic mass is 9.89. The van der Waals surface area contributed by atoms with E-state index in [4.69, 9.17) is 9.78 Å². The van der Waals surface area contributed by atoms with Crippen molar-refractivity contribution in [2.75, 3.05) is 0 Å². The first-order valence-corrected chi connectivity index (χ1v) is 7.83. The van der Waals surface area contributed by atoms with Crippen molar-refractivity contribution in [3.8, 4) is 5.75 Å². The van der Waals surface area contributed by atoms with Crippen molar-refractivity contribution in [2.45, 2.75) is 57.2 Å². The Hall–Kier alpha value is -1.65. The molecule has 0 fully saturated rings. The SMILES string of the molecule is C=CC(=O)CCCC(O)CCCC1(C)OOc2ccc1cc2. The third-order valence-electron chi connectivity index (χ3n) is 4.17. The van der Waals surface area contributed by atoms with E-state index in [1.807, 2.05) is 31.2 Å². The highest BCUT2D eigenvalue weighted by atomic mass is 17.2. The van der Waals surface area contributed by atoms with Gasteiger partial charge in [0.1, 0.15) is 5.60 Å². The Balaban J connectivity index is 1.72. The van der Waals surface area contributed by atoms with E-state index >= 15 is 0 Å². The van der Waals surface area contributed by atoms with Gasteiger partial charge in [-0.3, -0.25) is 4.79 Å². The van der Waals surface area contributed by atoms with Crippen LogP contribution < -0.4 is 4.89 Å². The third kappa shape index (κ3) is 4.42. The lowest BCUT2D eigenvalue weighted by Crippen LogP contribution is -2.26. The van der Waals surface area contributed by atoms with Gasteiger partial charge in [0, 0.05) is 6.42 Å². The van der Waals surface area contributed by atoms with E-state index in [-0.39, 0.29) is 11.9 Å². The quantitative estimate of drug-likeness (QED) is 0.558. The molecule has 1 N–H and O–H groups in total. The highest BCUT2D eigenvalue weighted by Crippen LogP contribution is 2.36. The normalized spacial score (nSPS) is 21.0. The Bertz CT molecular complexity index is 508. The van der Waals surface area contributed by atoms with E-state index in [0.29, 0.717) is 31.4 Å². The second kappa shape index (κ2) is 7.56. The summed E-state index contributed by atoms with van der Waals surface area (Å²) in [4.78, 5) is 21.9. The van der Waals surface area contributed by atoms with E-state index in [2.05, 4.69) is 6.58 Å². The van der Waals surface area contributed by atoms with Crippen LogP contribution in [0, 0.1) is 0 Å². The summed E-state index contributed by atoms with van der Waals surface area (Å²) in [6.07, 6.45) is 5.05. The van der Waals surface area contributed by atoms with Crippen molar-refractivity contribution in [3.63, 3.8) is 0 Å². The number of aliphatic hydroxyl groups excluding tert-OH is 1. The molecule has 0 aliphatic carbocycles. The summed E-state index contributed by atoms with van der Waals surface area (Å²) in [5.74, 6) is 0.742. The Morgan fingerprint density at radius 2 is 2.00 bits per heavy atom. The Labute approximate surface area is 131 Å². The average Bonchev–Trinajstić information content (AvgIpc) is 2.77. The fourth-order valence-corrected chi connectivity index (χ4v) is 2.67. The molecule has 0 radical (unpaired) electrons. The second-order valence-electron chi connectivity index (χ2n) is 6.03. The standard InChI is InChI=1S/C18H24O4/c1-3-15(19)6-4-7-16(20)8-5-13-18(2)14-9-11-17(12-10-14)21-22-18/h3,9-12,16,20H,1,4-8,13H2,2H3. The maximum atomic E-state index is 11.1. The summed E-state index contributed by atoms with van der Waals surface area (Å²) < 4.78 is 0. The van der Waals surface area contributed by atoms with Crippen LogP contribution in [0.4, 0.5) is 0 Å². The van der Waals surface area contributed by atoms with Crippen LogP contribution in [0.3, 0.4) is 0 Å². The molecule has 22 heavy (non-hydrogen) atoms. The number of fused-ring (bicyclic) bond motifs is 4. The Morgan fingerprint density at radius 3 is 2.68 bits per heavy atom. The fraction of sp³-hybridized carbons (Fsp3) is 0.500. The summed E-state index contributed by atoms with van der Waals surface area (Å²) in [7, 11) is 0. The second-order valence-corrected chi connectivity index (χ2v) is 6.03. The number of rotatable bonds is 9. The molecule has 0 aromatic heterocycles. The molecule has 2 heterocycles. The molecule has 4 heteroatoms. The number of benzene rings is 1. The van der Waals surface area contributed by atoms with Crippen LogP contribution in [-0.4, -0.2) is 17.0 Å². The van der Waals surface area contributed by atoms with Crippen molar-refractivity contribution in [2.24, 2.45) is 0 Å². The van der Waals surface area contributed by atoms with Crippen LogP contribution in [0.2, 0.25) is 0 Å². The minimum absolute atomic E-state index is 0.0342. The molecule has 2 aliphatic heterocycles. The summed E-state index contributed by atoms with van der Waals surface area (Å²) in [5, 5.41) is 9.99. The zero-order valence-electron chi connectivity index (χ0n) is 13.1. The zero-order chi connectivity index (χ0) is 16.0. The van der Waals surface area contributed by atoms with E-state index < -0.39 is 5.60 Å². The highest BCUT2D eigenvalue weighted by molar-refractivity contribution is 5.88. The molecule has 3 rings (SSSR count). The number of allylic oxidation sites excluding steroid dienone is 1. The minimum Gasteiger partial charge on any atom is -0.393 e. The molecule has 0 saturated heterocycles. The van der Waals surface area contributed by atoms with Gasteiger partial charge in [0.05, 0.1) is 6.10 Å². The summed E-state index contributed by atoms with van der Waals surface area (Å²) in [6.45, 7) is 5.44. The van der Waals surface area contributed by atoms with Gasteiger partial charge in [-0.2, -0.15) is 4.89 Å². The van der Waals surface area contributed by atoms with Crippen molar-refractivity contribution in [1.82, 2.24) is 0 Å². The van der Waals surface area contributed by atoms with E-state index in [0.717, 1.165) is 18.4 Å². The predicted octanol–water partition coefficient (Wildman–Crippen LogP) is 3.68. The smallest absolute Gasteiger partial charge is 0.165 e. The van der Waals surface area contributed by atoms with Crippen LogP contribution in [0.1, 0.15) is 51.0 Å². The third-order valence-corrected chi connectivity index (χ3v) is 4.17. The number of ketones is 1. The lowest BCUT2D eigenvalue weighted by Gasteiger charge is -2.26. The summed E-state index contributed by atoms with van der Waals surface area (Å²) in [5.41, 5.74) is 0.601. The number of aliphatic hydroxyl groups is 1. The van der Waals surface area contributed by atoms with Gasteiger partial charge in [0.2, 0.25) is 0 Å². The summed E-state index contributed by atoms with van der Waals surface area (Å²) in [6, 6.07) is 7.82. The predicted molar refractivity (Wildman–Crippen MR) is 84.4 cm³/mol. The molecule has 120 valence electrons. The number of hydrogen-bond donors (Lipinski definition) is 1. The molecule has 0 saturated carbocycles. The largest absolute Gasteiger partial charge is 0.393 e. The van der Waals surface area contributed by atoms with Crippen molar-refractivity contribution >= 4 is 5.78 Å². The molecule has 0 amide bonds. The first kappa shape index (κ1) is 16.7. The van der Waals surface area contributed by atoms with Crippen LogP contribution in [0.25, 0.3) is 0 Å². The molecule has 0 spiro atoms. The molecule has 2 atom stereocenters. The highest BCUT2D eigenvalue weighted by Gasteiger charge is 2.32. The van der Waals surface area contributed by atoms with Gasteiger partial charge in [0.25, 0.3) is 0 Å². The monoisotopic (exact) mass is 304 g/mol. The molecular formula is C18H24O4. The topological polar surface area (TPSA) is 55.8 Å². The zero-order valence-corrected chi connectivity index (χ0v) is 13.1. The van der Waals surface area contributed by atoms with E-state index in [1.54, 1.807) is 0 Å². The molecule has 2 bridgehead atoms. The molecule has 1 aromatic carbocycles. The van der Waals surface area contributed by atoms with Gasteiger partial charge < -0.3 is 9.99 Å². The Morgan fingerprint density at radius 1 is 1.32 bits per heavy atom. The van der Waals surface area contributed by atoms with Crippen molar-refractivity contribution in [1.29, 1.82) is 0 Å². The molecule has 2 aliphatic rings. The van der Waals surface area contributed by atoms with Gasteiger partial charge in [-0.15, -0.1) is 0 Å². The maximum Gasteiger partial charge on any atom is 0.165 e. The lowest BCUT2D eigenvalue weighted by molar-refractivity contribution is -0.292. The van der Waals surface area contributed by atoms with Crippen LogP contribution in [0.5, 0.6) is 5.75 Å². The first-order chi connectivity index (χ1) is 10.5. The van der Waals surface area contributed by atoms with Crippen LogP contribution in [-0.2, 0) is 15.3 Å². The molecule has 2 unspecified atom stereocenters. The van der Waals surface area contributed by atoms with Gasteiger partial charge in [-0.05, 0) is 62.8 Å². The van der Waals surface area contributed by atoms with Crippen LogP contribution in [0.15, 0.2) is 36.9 Å². The summed E-state index contributed by atoms with van der Waals surface area (Å²) >= 11 is 0. The minimum atomic E-state index is -0.482. The Kier molecular flexibility index (Phi) is 5.75. The van der Waals surface area contributed by atoms with Gasteiger partial charge >= 0.3 is 0 Å². The van der Waals surface area contributed by atoms with Gasteiger partial charge in [-0.25, -0.2) is 0 Å².